The molecule has 0 saturated carbocycles. The second-order valence-electron chi connectivity index (χ2n) is 4.52. The average molecular weight is 262 g/mol. The molecule has 1 aliphatic heterocycles. The van der Waals surface area contributed by atoms with Crippen LogP contribution in [-0.4, -0.2) is 48.5 Å². The largest absolute Gasteiger partial charge is 0.445 e. The zero-order valence-electron chi connectivity index (χ0n) is 10.8. The predicted molar refractivity (Wildman–Crippen MR) is 70.5 cm³/mol. The van der Waals surface area contributed by atoms with E-state index in [4.69, 9.17) is 4.74 Å². The Kier molecular flexibility index (Phi) is 4.78. The topological polar surface area (TPSA) is 49.9 Å². The molecule has 5 nitrogen and oxygen atoms in total. The van der Waals surface area contributed by atoms with E-state index in [1.54, 1.807) is 9.80 Å². The molecule has 5 heteroatoms. The smallest absolute Gasteiger partial charge is 0.410 e. The molecule has 1 aromatic carbocycles. The van der Waals surface area contributed by atoms with Crippen LogP contribution in [0.25, 0.3) is 0 Å². The third-order valence-corrected chi connectivity index (χ3v) is 3.14. The summed E-state index contributed by atoms with van der Waals surface area (Å²) in [5, 5.41) is 0. The molecule has 0 N–H and O–H groups in total. The Labute approximate surface area is 112 Å². The Morgan fingerprint density at radius 2 is 1.95 bits per heavy atom. The van der Waals surface area contributed by atoms with Crippen molar-refractivity contribution in [1.29, 1.82) is 0 Å². The number of benzene rings is 1. The van der Waals surface area contributed by atoms with Gasteiger partial charge < -0.3 is 14.5 Å². The van der Waals surface area contributed by atoms with E-state index >= 15 is 0 Å². The molecule has 1 aliphatic rings. The number of nitrogens with zero attached hydrogens (tertiary/aromatic N) is 2. The zero-order chi connectivity index (χ0) is 13.5. The van der Waals surface area contributed by atoms with Crippen LogP contribution in [0, 0.1) is 0 Å². The van der Waals surface area contributed by atoms with Gasteiger partial charge >= 0.3 is 6.09 Å². The van der Waals surface area contributed by atoms with Crippen molar-refractivity contribution in [1.82, 2.24) is 9.80 Å². The first-order valence-corrected chi connectivity index (χ1v) is 6.44. The summed E-state index contributed by atoms with van der Waals surface area (Å²) in [6.07, 6.45) is 1.31. The lowest BCUT2D eigenvalue weighted by molar-refractivity contribution is -0.118. The van der Waals surface area contributed by atoms with Gasteiger partial charge in [-0.15, -0.1) is 0 Å². The van der Waals surface area contributed by atoms with Crippen molar-refractivity contribution in [2.45, 2.75) is 13.0 Å². The summed E-state index contributed by atoms with van der Waals surface area (Å²) >= 11 is 0. The minimum atomic E-state index is -0.309. The molecule has 0 unspecified atom stereocenters. The van der Waals surface area contributed by atoms with E-state index in [2.05, 4.69) is 0 Å². The molecule has 0 spiro atoms. The van der Waals surface area contributed by atoms with Gasteiger partial charge in [0.05, 0.1) is 0 Å². The van der Waals surface area contributed by atoms with Gasteiger partial charge in [0.2, 0.25) is 6.41 Å². The van der Waals surface area contributed by atoms with Crippen LogP contribution in [0.3, 0.4) is 0 Å². The van der Waals surface area contributed by atoms with E-state index in [-0.39, 0.29) is 12.7 Å². The molecule has 1 fully saturated rings. The Balaban J connectivity index is 1.81. The number of hydrogen-bond acceptors (Lipinski definition) is 3. The standard InChI is InChI=1S/C14H18N2O3/c17-12-15-7-4-8-16(10-9-15)14(18)19-11-13-5-2-1-3-6-13/h1-3,5-6,12H,4,7-11H2. The van der Waals surface area contributed by atoms with Crippen molar-refractivity contribution in [3.8, 4) is 0 Å². The second-order valence-corrected chi connectivity index (χ2v) is 4.52. The molecule has 0 atom stereocenters. The van der Waals surface area contributed by atoms with Crippen molar-refractivity contribution in [2.24, 2.45) is 0 Å². The van der Waals surface area contributed by atoms with Crippen LogP contribution < -0.4 is 0 Å². The van der Waals surface area contributed by atoms with Crippen LogP contribution in [-0.2, 0) is 16.1 Å². The minimum Gasteiger partial charge on any atom is -0.445 e. The van der Waals surface area contributed by atoms with E-state index in [9.17, 15) is 9.59 Å². The van der Waals surface area contributed by atoms with Crippen LogP contribution >= 0.6 is 0 Å². The Morgan fingerprint density at radius 1 is 1.16 bits per heavy atom. The number of carbonyl (C=O) groups is 2. The highest BCUT2D eigenvalue weighted by Crippen LogP contribution is 2.06. The van der Waals surface area contributed by atoms with Crippen molar-refractivity contribution in [3.05, 3.63) is 35.9 Å². The van der Waals surface area contributed by atoms with Gasteiger partial charge in [-0.2, -0.15) is 0 Å². The van der Waals surface area contributed by atoms with Crippen LogP contribution in [0.2, 0.25) is 0 Å². The van der Waals surface area contributed by atoms with Crippen LogP contribution in [0.4, 0.5) is 4.79 Å². The van der Waals surface area contributed by atoms with Crippen LogP contribution in [0.1, 0.15) is 12.0 Å². The van der Waals surface area contributed by atoms with E-state index in [0.29, 0.717) is 26.2 Å². The van der Waals surface area contributed by atoms with Crippen molar-refractivity contribution in [2.75, 3.05) is 26.2 Å². The SMILES string of the molecule is O=CN1CCCN(C(=O)OCc2ccccc2)CC1. The highest BCUT2D eigenvalue weighted by molar-refractivity contribution is 5.67. The van der Waals surface area contributed by atoms with Gasteiger partial charge in [-0.25, -0.2) is 4.79 Å². The van der Waals surface area contributed by atoms with Crippen LogP contribution in [0.15, 0.2) is 30.3 Å². The molecular weight excluding hydrogens is 244 g/mol. The first kappa shape index (κ1) is 13.4. The van der Waals surface area contributed by atoms with Crippen molar-refractivity contribution < 1.29 is 14.3 Å². The molecule has 19 heavy (non-hydrogen) atoms. The quantitative estimate of drug-likeness (QED) is 0.775. The molecule has 2 amide bonds. The summed E-state index contributed by atoms with van der Waals surface area (Å²) < 4.78 is 5.27. The molecule has 0 bridgehead atoms. The summed E-state index contributed by atoms with van der Waals surface area (Å²) in [5.74, 6) is 0. The fourth-order valence-electron chi connectivity index (χ4n) is 2.04. The third kappa shape index (κ3) is 3.98. The molecule has 1 heterocycles. The average Bonchev–Trinajstić information content (AvgIpc) is 2.71. The molecule has 0 radical (unpaired) electrons. The highest BCUT2D eigenvalue weighted by Gasteiger charge is 2.19. The van der Waals surface area contributed by atoms with Crippen molar-refractivity contribution >= 4 is 12.5 Å². The number of amides is 2. The monoisotopic (exact) mass is 262 g/mol. The van der Waals surface area contributed by atoms with E-state index in [1.165, 1.54) is 0 Å². The predicted octanol–water partition coefficient (Wildman–Crippen LogP) is 1.49. The Bertz CT molecular complexity index is 422. The van der Waals surface area contributed by atoms with Gasteiger partial charge in [0.15, 0.2) is 0 Å². The molecule has 1 aromatic rings. The number of carbonyl (C=O) groups excluding carboxylic acids is 2. The molecule has 2 rings (SSSR count). The van der Waals surface area contributed by atoms with Gasteiger partial charge in [-0.1, -0.05) is 30.3 Å². The highest BCUT2D eigenvalue weighted by atomic mass is 16.6. The molecule has 0 aliphatic carbocycles. The minimum absolute atomic E-state index is 0.285. The summed E-state index contributed by atoms with van der Waals surface area (Å²) in [6, 6.07) is 9.59. The molecule has 1 saturated heterocycles. The maximum absolute atomic E-state index is 11.9. The van der Waals surface area contributed by atoms with E-state index in [0.717, 1.165) is 18.4 Å². The number of hydrogen-bond donors (Lipinski definition) is 0. The molecule has 0 aromatic heterocycles. The lowest BCUT2D eigenvalue weighted by Gasteiger charge is -2.19. The van der Waals surface area contributed by atoms with E-state index < -0.39 is 0 Å². The van der Waals surface area contributed by atoms with Gasteiger partial charge in [-0.05, 0) is 12.0 Å². The fraction of sp³-hybridized carbons (Fsp3) is 0.429. The second kappa shape index (κ2) is 6.78. The molecule has 102 valence electrons. The van der Waals surface area contributed by atoms with Gasteiger partial charge in [0.25, 0.3) is 0 Å². The number of rotatable bonds is 3. The maximum Gasteiger partial charge on any atom is 0.410 e. The lowest BCUT2D eigenvalue weighted by Crippen LogP contribution is -2.35. The molecular formula is C14H18N2O3. The van der Waals surface area contributed by atoms with Crippen LogP contribution in [0.5, 0.6) is 0 Å². The van der Waals surface area contributed by atoms with Gasteiger partial charge in [-0.3, -0.25) is 4.79 Å². The maximum atomic E-state index is 11.9. The summed E-state index contributed by atoms with van der Waals surface area (Å²) in [4.78, 5) is 26.0. The normalized spacial score (nSPS) is 15.8. The summed E-state index contributed by atoms with van der Waals surface area (Å²) in [6.45, 7) is 2.73. The van der Waals surface area contributed by atoms with Crippen molar-refractivity contribution in [3.63, 3.8) is 0 Å². The van der Waals surface area contributed by atoms with Gasteiger partial charge in [0.1, 0.15) is 6.61 Å². The summed E-state index contributed by atoms with van der Waals surface area (Å²) in [5.41, 5.74) is 0.972. The summed E-state index contributed by atoms with van der Waals surface area (Å²) in [7, 11) is 0. The van der Waals surface area contributed by atoms with Gasteiger partial charge in [0, 0.05) is 26.2 Å². The Morgan fingerprint density at radius 3 is 2.68 bits per heavy atom. The Hall–Kier alpha value is -2.04. The van der Waals surface area contributed by atoms with E-state index in [1.807, 2.05) is 30.3 Å². The fourth-order valence-corrected chi connectivity index (χ4v) is 2.04. The third-order valence-electron chi connectivity index (χ3n) is 3.14. The first-order valence-electron chi connectivity index (χ1n) is 6.44. The first-order chi connectivity index (χ1) is 9.29. The zero-order valence-corrected chi connectivity index (χ0v) is 10.8. The lowest BCUT2D eigenvalue weighted by atomic mass is 10.2. The number of ether oxygens (including phenoxy) is 1.